The van der Waals surface area contributed by atoms with Gasteiger partial charge in [0, 0.05) is 26.3 Å². The minimum Gasteiger partial charge on any atom is -0.321 e. The summed E-state index contributed by atoms with van der Waals surface area (Å²) in [7, 11) is 0. The average molecular weight is 495 g/mol. The zero-order valence-electron chi connectivity index (χ0n) is 16.7. The van der Waals surface area contributed by atoms with Crippen LogP contribution in [-0.2, 0) is 11.2 Å². The van der Waals surface area contributed by atoms with Gasteiger partial charge in [-0.2, -0.15) is 5.26 Å². The van der Waals surface area contributed by atoms with Gasteiger partial charge >= 0.3 is 0 Å². The van der Waals surface area contributed by atoms with E-state index in [0.717, 1.165) is 32.6 Å². The molecular weight excluding hydrogens is 473 g/mol. The molecule has 146 valence electrons. The van der Waals surface area contributed by atoms with Crippen LogP contribution in [-0.4, -0.2) is 10.5 Å². The highest BCUT2D eigenvalue weighted by molar-refractivity contribution is 14.1. The molecule has 0 atom stereocenters. The van der Waals surface area contributed by atoms with E-state index in [1.54, 1.807) is 6.08 Å². The van der Waals surface area contributed by atoms with Gasteiger partial charge in [0.2, 0.25) is 0 Å². The molecule has 1 N–H and O–H groups in total. The number of aryl methyl sites for hydroxylation is 2. The highest BCUT2D eigenvalue weighted by Gasteiger charge is 2.14. The van der Waals surface area contributed by atoms with E-state index in [2.05, 4.69) is 45.5 Å². The molecule has 3 rings (SSSR count). The minimum absolute atomic E-state index is 0.0764. The van der Waals surface area contributed by atoms with Crippen LogP contribution in [0.25, 0.3) is 11.8 Å². The number of carbonyl (C=O) groups is 1. The summed E-state index contributed by atoms with van der Waals surface area (Å²) in [5.41, 5.74) is 5.90. The van der Waals surface area contributed by atoms with Crippen LogP contribution in [0.15, 0.2) is 60.2 Å². The Balaban J connectivity index is 1.90. The number of halogens is 1. The van der Waals surface area contributed by atoms with Crippen LogP contribution >= 0.6 is 22.6 Å². The van der Waals surface area contributed by atoms with Crippen LogP contribution in [0.5, 0.6) is 0 Å². The second kappa shape index (κ2) is 9.10. The molecule has 0 spiro atoms. The summed E-state index contributed by atoms with van der Waals surface area (Å²) >= 11 is 2.29. The number of benzene rings is 2. The summed E-state index contributed by atoms with van der Waals surface area (Å²) < 4.78 is 3.28. The van der Waals surface area contributed by atoms with Gasteiger partial charge in [0.25, 0.3) is 5.91 Å². The van der Waals surface area contributed by atoms with Crippen molar-refractivity contribution in [3.8, 4) is 11.8 Å². The molecule has 29 heavy (non-hydrogen) atoms. The van der Waals surface area contributed by atoms with Gasteiger partial charge in [-0.05, 0) is 96.5 Å². The Morgan fingerprint density at radius 3 is 2.52 bits per heavy atom. The Labute approximate surface area is 185 Å². The molecule has 0 fully saturated rings. The molecule has 0 saturated carbocycles. The number of anilines is 1. The zero-order valence-corrected chi connectivity index (χ0v) is 18.8. The van der Waals surface area contributed by atoms with E-state index in [0.29, 0.717) is 5.69 Å². The molecule has 0 radical (unpaired) electrons. The van der Waals surface area contributed by atoms with Crippen molar-refractivity contribution in [1.82, 2.24) is 4.57 Å². The fraction of sp³-hybridized carbons (Fsp3) is 0.167. The van der Waals surface area contributed by atoms with Crippen LogP contribution < -0.4 is 5.32 Å². The lowest BCUT2D eigenvalue weighted by atomic mass is 10.1. The molecule has 0 aliphatic rings. The monoisotopic (exact) mass is 495 g/mol. The summed E-state index contributed by atoms with van der Waals surface area (Å²) in [4.78, 5) is 12.6. The number of nitrogens with zero attached hydrogens (tertiary/aromatic N) is 2. The Kier molecular flexibility index (Phi) is 6.55. The molecule has 5 heteroatoms. The van der Waals surface area contributed by atoms with Crippen molar-refractivity contribution in [1.29, 1.82) is 5.26 Å². The highest BCUT2D eigenvalue weighted by Crippen LogP contribution is 2.24. The molecule has 0 aliphatic carbocycles. The molecule has 1 heterocycles. The Morgan fingerprint density at radius 2 is 1.90 bits per heavy atom. The first kappa shape index (κ1) is 20.9. The molecule has 0 saturated heterocycles. The summed E-state index contributed by atoms with van der Waals surface area (Å²) in [6.45, 7) is 6.09. The molecule has 0 bridgehead atoms. The summed E-state index contributed by atoms with van der Waals surface area (Å²) in [6.07, 6.45) is 2.59. The number of nitriles is 1. The molecular formula is C24H22IN3O. The van der Waals surface area contributed by atoms with Gasteiger partial charge in [0.1, 0.15) is 11.6 Å². The lowest BCUT2D eigenvalue weighted by Crippen LogP contribution is -2.13. The zero-order chi connectivity index (χ0) is 21.0. The van der Waals surface area contributed by atoms with Crippen LogP contribution in [0.2, 0.25) is 0 Å². The normalized spacial score (nSPS) is 11.2. The minimum atomic E-state index is -0.407. The first-order chi connectivity index (χ1) is 13.9. The van der Waals surface area contributed by atoms with Crippen LogP contribution in [0.3, 0.4) is 0 Å². The number of hydrogen-bond donors (Lipinski definition) is 1. The lowest BCUT2D eigenvalue weighted by Gasteiger charge is -2.10. The van der Waals surface area contributed by atoms with E-state index in [1.807, 2.05) is 68.4 Å². The van der Waals surface area contributed by atoms with E-state index in [-0.39, 0.29) is 5.57 Å². The number of hydrogen-bond acceptors (Lipinski definition) is 2. The first-order valence-corrected chi connectivity index (χ1v) is 10.5. The standard InChI is InChI=1S/C24H22IN3O/c1-4-18-8-10-22(11-9-18)27-24(29)20(15-26)13-19-12-16(2)28(17(19)3)23-7-5-6-21(25)14-23/h5-14H,4H2,1-3H3,(H,27,29). The first-order valence-electron chi connectivity index (χ1n) is 9.40. The topological polar surface area (TPSA) is 57.8 Å². The maximum Gasteiger partial charge on any atom is 0.266 e. The van der Waals surface area contributed by atoms with Crippen molar-refractivity contribution in [2.45, 2.75) is 27.2 Å². The quantitative estimate of drug-likeness (QED) is 0.276. The number of carbonyl (C=O) groups excluding carboxylic acids is 1. The average Bonchev–Trinajstić information content (AvgIpc) is 2.99. The third kappa shape index (κ3) is 4.77. The van der Waals surface area contributed by atoms with Crippen molar-refractivity contribution in [3.05, 3.63) is 86.3 Å². The highest BCUT2D eigenvalue weighted by atomic mass is 127. The van der Waals surface area contributed by atoms with Gasteiger partial charge in [-0.25, -0.2) is 0 Å². The van der Waals surface area contributed by atoms with Crippen molar-refractivity contribution in [2.24, 2.45) is 0 Å². The van der Waals surface area contributed by atoms with E-state index >= 15 is 0 Å². The van der Waals surface area contributed by atoms with Gasteiger partial charge in [-0.1, -0.05) is 25.1 Å². The maximum absolute atomic E-state index is 12.6. The number of aromatic nitrogens is 1. The van der Waals surface area contributed by atoms with E-state index in [4.69, 9.17) is 0 Å². The van der Waals surface area contributed by atoms with Crippen molar-refractivity contribution >= 4 is 40.3 Å². The fourth-order valence-corrected chi connectivity index (χ4v) is 3.80. The van der Waals surface area contributed by atoms with Crippen LogP contribution in [0.4, 0.5) is 5.69 Å². The second-order valence-corrected chi connectivity index (χ2v) is 8.06. The number of amides is 1. The van der Waals surface area contributed by atoms with Crippen molar-refractivity contribution < 1.29 is 4.79 Å². The van der Waals surface area contributed by atoms with Gasteiger partial charge in [-0.15, -0.1) is 0 Å². The maximum atomic E-state index is 12.6. The summed E-state index contributed by atoms with van der Waals surface area (Å²) in [5, 5.41) is 12.4. The van der Waals surface area contributed by atoms with Crippen LogP contribution in [0, 0.1) is 28.7 Å². The number of rotatable bonds is 5. The predicted octanol–water partition coefficient (Wildman–Crippen LogP) is 5.81. The molecule has 2 aromatic carbocycles. The number of nitrogens with one attached hydrogen (secondary N) is 1. The Hall–Kier alpha value is -2.85. The molecule has 0 aliphatic heterocycles. The third-order valence-electron chi connectivity index (χ3n) is 4.82. The molecule has 1 aromatic heterocycles. The Morgan fingerprint density at radius 1 is 1.17 bits per heavy atom. The third-order valence-corrected chi connectivity index (χ3v) is 5.49. The predicted molar refractivity (Wildman–Crippen MR) is 126 cm³/mol. The molecule has 1 amide bonds. The summed E-state index contributed by atoms with van der Waals surface area (Å²) in [5.74, 6) is -0.407. The molecule has 3 aromatic rings. The van der Waals surface area contributed by atoms with E-state index in [9.17, 15) is 10.1 Å². The summed E-state index contributed by atoms with van der Waals surface area (Å²) in [6, 6.07) is 19.9. The molecule has 4 nitrogen and oxygen atoms in total. The fourth-order valence-electron chi connectivity index (χ4n) is 3.27. The molecule has 0 unspecified atom stereocenters. The van der Waals surface area contributed by atoms with Crippen molar-refractivity contribution in [3.63, 3.8) is 0 Å². The largest absolute Gasteiger partial charge is 0.321 e. The van der Waals surface area contributed by atoms with E-state index in [1.165, 1.54) is 5.56 Å². The Bertz CT molecular complexity index is 1120. The van der Waals surface area contributed by atoms with Crippen LogP contribution in [0.1, 0.15) is 29.4 Å². The van der Waals surface area contributed by atoms with Gasteiger partial charge < -0.3 is 9.88 Å². The van der Waals surface area contributed by atoms with E-state index < -0.39 is 5.91 Å². The lowest BCUT2D eigenvalue weighted by molar-refractivity contribution is -0.112. The van der Waals surface area contributed by atoms with Crippen molar-refractivity contribution in [2.75, 3.05) is 5.32 Å². The SMILES string of the molecule is CCc1ccc(NC(=O)C(C#N)=Cc2cc(C)n(-c3cccc(I)c3)c2C)cc1. The van der Waals surface area contributed by atoms with Gasteiger partial charge in [0.15, 0.2) is 0 Å². The van der Waals surface area contributed by atoms with Gasteiger partial charge in [-0.3, -0.25) is 4.79 Å². The smallest absolute Gasteiger partial charge is 0.266 e. The van der Waals surface area contributed by atoms with Gasteiger partial charge in [0.05, 0.1) is 0 Å². The second-order valence-electron chi connectivity index (χ2n) is 6.82.